The molecule has 3 rings (SSSR count). The molecule has 3 atom stereocenters. The van der Waals surface area contributed by atoms with Crippen LogP contribution in [-0.2, 0) is 10.2 Å². The maximum absolute atomic E-state index is 12.6. The highest BCUT2D eigenvalue weighted by atomic mass is 16.2. The Morgan fingerprint density at radius 2 is 1.68 bits per heavy atom. The molecule has 4 nitrogen and oxygen atoms in total. The van der Waals surface area contributed by atoms with Crippen molar-refractivity contribution in [2.24, 2.45) is 11.8 Å². The Labute approximate surface area is 167 Å². The average Bonchev–Trinajstić information content (AvgIpc) is 3.39. The van der Waals surface area contributed by atoms with Gasteiger partial charge in [0.1, 0.15) is 0 Å². The highest BCUT2D eigenvalue weighted by Gasteiger charge is 2.39. The van der Waals surface area contributed by atoms with E-state index in [9.17, 15) is 9.59 Å². The van der Waals surface area contributed by atoms with Gasteiger partial charge in [-0.05, 0) is 60.9 Å². The quantitative estimate of drug-likeness (QED) is 0.729. The van der Waals surface area contributed by atoms with Crippen LogP contribution in [0.5, 0.6) is 0 Å². The van der Waals surface area contributed by atoms with Gasteiger partial charge in [-0.15, -0.1) is 0 Å². The molecule has 0 radical (unpaired) electrons. The highest BCUT2D eigenvalue weighted by molar-refractivity contribution is 5.97. The minimum Gasteiger partial charge on any atom is -0.350 e. The van der Waals surface area contributed by atoms with Crippen LogP contribution in [0.15, 0.2) is 54.6 Å². The Hall–Kier alpha value is -2.62. The van der Waals surface area contributed by atoms with Crippen molar-refractivity contribution in [2.45, 2.75) is 52.0 Å². The van der Waals surface area contributed by atoms with Crippen molar-refractivity contribution in [3.63, 3.8) is 0 Å². The molecular weight excluding hydrogens is 348 g/mol. The fourth-order valence-corrected chi connectivity index (χ4v) is 3.76. The van der Waals surface area contributed by atoms with Gasteiger partial charge in [0.15, 0.2) is 0 Å². The minimum absolute atomic E-state index is 0.0258. The van der Waals surface area contributed by atoms with E-state index in [0.29, 0.717) is 11.5 Å². The van der Waals surface area contributed by atoms with Gasteiger partial charge in [-0.1, -0.05) is 51.1 Å². The number of nitrogens with one attached hydrogen (secondary N) is 2. The Bertz CT molecular complexity index is 827. The number of anilines is 1. The van der Waals surface area contributed by atoms with Gasteiger partial charge in [-0.25, -0.2) is 0 Å². The second-order valence-electron chi connectivity index (χ2n) is 8.71. The van der Waals surface area contributed by atoms with Gasteiger partial charge < -0.3 is 10.6 Å². The minimum atomic E-state index is -0.0925. The van der Waals surface area contributed by atoms with E-state index in [1.807, 2.05) is 25.1 Å². The third kappa shape index (κ3) is 5.00. The first-order valence-electron chi connectivity index (χ1n) is 10.0. The van der Waals surface area contributed by atoms with Crippen LogP contribution in [-0.4, -0.2) is 17.9 Å². The number of benzene rings is 2. The van der Waals surface area contributed by atoms with E-state index in [1.165, 1.54) is 5.56 Å². The summed E-state index contributed by atoms with van der Waals surface area (Å²) in [6, 6.07) is 17.5. The topological polar surface area (TPSA) is 58.2 Å². The molecule has 2 N–H and O–H groups in total. The van der Waals surface area contributed by atoms with Crippen molar-refractivity contribution in [3.05, 3.63) is 65.7 Å². The summed E-state index contributed by atoms with van der Waals surface area (Å²) in [6.07, 6.45) is 1.81. The second-order valence-corrected chi connectivity index (χ2v) is 8.71. The van der Waals surface area contributed by atoms with Crippen molar-refractivity contribution in [3.8, 4) is 0 Å². The summed E-state index contributed by atoms with van der Waals surface area (Å²) < 4.78 is 0. The summed E-state index contributed by atoms with van der Waals surface area (Å²) in [5, 5.41) is 6.01. The fraction of sp³-hybridized carbons (Fsp3) is 0.417. The number of carbonyl (C=O) groups excluding carboxylic acids is 2. The van der Waals surface area contributed by atoms with Crippen molar-refractivity contribution in [2.75, 3.05) is 5.32 Å². The van der Waals surface area contributed by atoms with Crippen LogP contribution in [0, 0.1) is 11.8 Å². The lowest BCUT2D eigenvalue weighted by Crippen LogP contribution is -2.37. The van der Waals surface area contributed by atoms with Crippen LogP contribution >= 0.6 is 0 Å². The predicted molar refractivity (Wildman–Crippen MR) is 113 cm³/mol. The molecule has 1 fully saturated rings. The average molecular weight is 379 g/mol. The summed E-state index contributed by atoms with van der Waals surface area (Å²) in [6.45, 7) is 8.51. The molecule has 0 bridgehead atoms. The maximum Gasteiger partial charge on any atom is 0.251 e. The van der Waals surface area contributed by atoms with Crippen LogP contribution in [0.4, 0.5) is 5.69 Å². The van der Waals surface area contributed by atoms with Gasteiger partial charge in [0.05, 0.1) is 0 Å². The van der Waals surface area contributed by atoms with Gasteiger partial charge in [-0.3, -0.25) is 9.59 Å². The maximum atomic E-state index is 12.6. The zero-order chi connectivity index (χ0) is 20.3. The molecule has 4 heteroatoms. The monoisotopic (exact) mass is 378 g/mol. The summed E-state index contributed by atoms with van der Waals surface area (Å²) in [7, 11) is 0. The lowest BCUT2D eigenvalue weighted by molar-refractivity contribution is -0.117. The summed E-state index contributed by atoms with van der Waals surface area (Å²) in [5.41, 5.74) is 2.57. The Morgan fingerprint density at radius 3 is 2.25 bits per heavy atom. The SMILES string of the molecule is CC(CC(C)(C)c1ccccc1)NC(=O)c1ccc(NC(=O)C2CC2C)cc1. The standard InChI is InChI=1S/C24H30N2O2/c1-16-14-21(16)23(28)26-20-12-10-18(11-13-20)22(27)25-17(2)15-24(3,4)19-8-6-5-7-9-19/h5-13,16-17,21H,14-15H2,1-4H3,(H,25,27)(H,26,28). The smallest absolute Gasteiger partial charge is 0.251 e. The summed E-state index contributed by atoms with van der Waals surface area (Å²) >= 11 is 0. The van der Waals surface area contributed by atoms with Gasteiger partial charge in [-0.2, -0.15) is 0 Å². The van der Waals surface area contributed by atoms with E-state index >= 15 is 0 Å². The molecule has 2 amide bonds. The van der Waals surface area contributed by atoms with E-state index < -0.39 is 0 Å². The van der Waals surface area contributed by atoms with Crippen LogP contribution in [0.2, 0.25) is 0 Å². The van der Waals surface area contributed by atoms with E-state index in [1.54, 1.807) is 24.3 Å². The highest BCUT2D eigenvalue weighted by Crippen LogP contribution is 2.38. The van der Waals surface area contributed by atoms with Crippen LogP contribution in [0.3, 0.4) is 0 Å². The van der Waals surface area contributed by atoms with E-state index in [4.69, 9.17) is 0 Å². The number of amides is 2. The largest absolute Gasteiger partial charge is 0.350 e. The number of hydrogen-bond donors (Lipinski definition) is 2. The van der Waals surface area contributed by atoms with E-state index in [0.717, 1.165) is 18.5 Å². The molecular formula is C24H30N2O2. The summed E-state index contributed by atoms with van der Waals surface area (Å²) in [5.74, 6) is 0.593. The molecule has 0 aromatic heterocycles. The Morgan fingerprint density at radius 1 is 1.07 bits per heavy atom. The van der Waals surface area contributed by atoms with E-state index in [-0.39, 0.29) is 29.2 Å². The first-order chi connectivity index (χ1) is 13.3. The molecule has 0 saturated heterocycles. The molecule has 28 heavy (non-hydrogen) atoms. The first kappa shape index (κ1) is 20.1. The summed E-state index contributed by atoms with van der Waals surface area (Å²) in [4.78, 5) is 24.6. The van der Waals surface area contributed by atoms with Gasteiger partial charge in [0.25, 0.3) is 5.91 Å². The molecule has 0 spiro atoms. The molecule has 2 aromatic rings. The van der Waals surface area contributed by atoms with Crippen LogP contribution in [0.1, 0.15) is 56.5 Å². The van der Waals surface area contributed by atoms with Gasteiger partial charge >= 0.3 is 0 Å². The Kier molecular flexibility index (Phi) is 5.87. The third-order valence-electron chi connectivity index (χ3n) is 5.61. The molecule has 1 aliphatic rings. The molecule has 2 aromatic carbocycles. The number of hydrogen-bond acceptors (Lipinski definition) is 2. The fourth-order valence-electron chi connectivity index (χ4n) is 3.76. The molecule has 1 aliphatic carbocycles. The van der Waals surface area contributed by atoms with Crippen molar-refractivity contribution in [1.29, 1.82) is 0 Å². The first-order valence-corrected chi connectivity index (χ1v) is 10.0. The number of carbonyl (C=O) groups is 2. The van der Waals surface area contributed by atoms with Crippen molar-refractivity contribution < 1.29 is 9.59 Å². The second kappa shape index (κ2) is 8.17. The lowest BCUT2D eigenvalue weighted by atomic mass is 9.79. The van der Waals surface area contributed by atoms with E-state index in [2.05, 4.69) is 43.5 Å². The predicted octanol–water partition coefficient (Wildman–Crippen LogP) is 4.77. The van der Waals surface area contributed by atoms with Crippen molar-refractivity contribution in [1.82, 2.24) is 5.32 Å². The lowest BCUT2D eigenvalue weighted by Gasteiger charge is -2.29. The third-order valence-corrected chi connectivity index (χ3v) is 5.61. The number of rotatable bonds is 7. The zero-order valence-electron chi connectivity index (χ0n) is 17.2. The molecule has 3 unspecified atom stereocenters. The van der Waals surface area contributed by atoms with Gasteiger partial charge in [0, 0.05) is 23.2 Å². The van der Waals surface area contributed by atoms with Crippen LogP contribution < -0.4 is 10.6 Å². The van der Waals surface area contributed by atoms with Crippen molar-refractivity contribution >= 4 is 17.5 Å². The Balaban J connectivity index is 1.54. The van der Waals surface area contributed by atoms with Gasteiger partial charge in [0.2, 0.25) is 5.91 Å². The van der Waals surface area contributed by atoms with Crippen LogP contribution in [0.25, 0.3) is 0 Å². The molecule has 1 saturated carbocycles. The zero-order valence-corrected chi connectivity index (χ0v) is 17.2. The molecule has 148 valence electrons. The normalized spacial score (nSPS) is 19.6. The molecule has 0 aliphatic heterocycles. The molecule has 0 heterocycles.